The fourth-order valence-corrected chi connectivity index (χ4v) is 3.15. The van der Waals surface area contributed by atoms with Crippen LogP contribution in [0.2, 0.25) is 0 Å². The van der Waals surface area contributed by atoms with E-state index in [0.717, 1.165) is 0 Å². The van der Waals surface area contributed by atoms with Crippen LogP contribution in [0.25, 0.3) is 16.5 Å². The first-order valence-corrected chi connectivity index (χ1v) is 7.83. The van der Waals surface area contributed by atoms with Crippen molar-refractivity contribution < 1.29 is 0 Å². The summed E-state index contributed by atoms with van der Waals surface area (Å²) in [7, 11) is 0. The zero-order chi connectivity index (χ0) is 13.8. The Balaban J connectivity index is 1.74. The van der Waals surface area contributed by atoms with E-state index in [4.69, 9.17) is 5.10 Å². The molecule has 0 radical (unpaired) electrons. The third kappa shape index (κ3) is 1.88. The van der Waals surface area contributed by atoms with Crippen molar-refractivity contribution in [2.45, 2.75) is 37.5 Å². The van der Waals surface area contributed by atoms with E-state index in [1.165, 1.54) is 53.5 Å². The zero-order valence-corrected chi connectivity index (χ0v) is 11.9. The van der Waals surface area contributed by atoms with Crippen LogP contribution in [0.5, 0.6) is 0 Å². The standard InChI is InChI=1S/C18H17N3/c1-2-14-11-19-9-8-15(14)17(3-1)21-18(13-6-7-13)10-16(20-21)12-4-5-12/h1-3,8-13H,4-7H2. The summed E-state index contributed by atoms with van der Waals surface area (Å²) in [5, 5.41) is 7.37. The quantitative estimate of drug-likeness (QED) is 0.718. The highest BCUT2D eigenvalue weighted by Crippen LogP contribution is 2.45. The highest BCUT2D eigenvalue weighted by atomic mass is 15.3. The lowest BCUT2D eigenvalue weighted by atomic mass is 10.1. The van der Waals surface area contributed by atoms with Crippen molar-refractivity contribution in [1.82, 2.24) is 14.8 Å². The molecule has 0 unspecified atom stereocenters. The van der Waals surface area contributed by atoms with E-state index in [0.29, 0.717) is 11.8 Å². The number of nitrogens with zero attached hydrogens (tertiary/aromatic N) is 3. The smallest absolute Gasteiger partial charge is 0.0728 e. The average Bonchev–Trinajstić information content (AvgIpc) is 3.45. The van der Waals surface area contributed by atoms with Gasteiger partial charge < -0.3 is 0 Å². The van der Waals surface area contributed by atoms with Crippen LogP contribution >= 0.6 is 0 Å². The fourth-order valence-electron chi connectivity index (χ4n) is 3.15. The minimum atomic E-state index is 0.709. The monoisotopic (exact) mass is 275 g/mol. The van der Waals surface area contributed by atoms with Gasteiger partial charge in [-0.05, 0) is 43.9 Å². The predicted molar refractivity (Wildman–Crippen MR) is 82.8 cm³/mol. The van der Waals surface area contributed by atoms with E-state index in [1.807, 2.05) is 12.4 Å². The van der Waals surface area contributed by atoms with Crippen LogP contribution in [0.4, 0.5) is 0 Å². The second kappa shape index (κ2) is 4.17. The van der Waals surface area contributed by atoms with Crippen molar-refractivity contribution in [1.29, 1.82) is 0 Å². The lowest BCUT2D eigenvalue weighted by Crippen LogP contribution is -2.02. The second-order valence-electron chi connectivity index (χ2n) is 6.33. The molecule has 0 bridgehead atoms. The van der Waals surface area contributed by atoms with Gasteiger partial charge in [-0.25, -0.2) is 4.68 Å². The molecule has 2 aromatic heterocycles. The van der Waals surface area contributed by atoms with Crippen molar-refractivity contribution in [2.75, 3.05) is 0 Å². The molecular formula is C18H17N3. The molecule has 0 aliphatic heterocycles. The molecular weight excluding hydrogens is 258 g/mol. The van der Waals surface area contributed by atoms with Gasteiger partial charge in [0.2, 0.25) is 0 Å². The highest BCUT2D eigenvalue weighted by molar-refractivity contribution is 5.89. The molecule has 3 heteroatoms. The molecule has 21 heavy (non-hydrogen) atoms. The molecule has 3 aromatic rings. The Bertz CT molecular complexity index is 820. The maximum Gasteiger partial charge on any atom is 0.0728 e. The highest BCUT2D eigenvalue weighted by Gasteiger charge is 2.33. The van der Waals surface area contributed by atoms with Crippen molar-refractivity contribution in [2.24, 2.45) is 0 Å². The van der Waals surface area contributed by atoms with Crippen molar-refractivity contribution >= 4 is 10.8 Å². The number of rotatable bonds is 3. The van der Waals surface area contributed by atoms with Crippen LogP contribution in [0, 0.1) is 0 Å². The minimum Gasteiger partial charge on any atom is -0.264 e. The van der Waals surface area contributed by atoms with E-state index >= 15 is 0 Å². The molecule has 2 aliphatic carbocycles. The van der Waals surface area contributed by atoms with Crippen molar-refractivity contribution in [3.05, 3.63) is 54.1 Å². The van der Waals surface area contributed by atoms with Crippen molar-refractivity contribution in [3.8, 4) is 5.69 Å². The van der Waals surface area contributed by atoms with E-state index in [1.54, 1.807) is 0 Å². The third-order valence-corrected chi connectivity index (χ3v) is 4.63. The number of pyridine rings is 1. The van der Waals surface area contributed by atoms with Gasteiger partial charge in [0.15, 0.2) is 0 Å². The zero-order valence-electron chi connectivity index (χ0n) is 11.9. The van der Waals surface area contributed by atoms with Gasteiger partial charge in [0.05, 0.1) is 11.4 Å². The fraction of sp³-hybridized carbons (Fsp3) is 0.333. The Kier molecular flexibility index (Phi) is 2.28. The maximum absolute atomic E-state index is 4.95. The van der Waals surface area contributed by atoms with E-state index in [2.05, 4.69) is 40.0 Å². The number of hydrogen-bond acceptors (Lipinski definition) is 2. The molecule has 2 aliphatic rings. The lowest BCUT2D eigenvalue weighted by molar-refractivity contribution is 0.792. The summed E-state index contributed by atoms with van der Waals surface area (Å²) in [5.41, 5.74) is 3.90. The largest absolute Gasteiger partial charge is 0.264 e. The average molecular weight is 275 g/mol. The van der Waals surface area contributed by atoms with Crippen LogP contribution in [-0.4, -0.2) is 14.8 Å². The minimum absolute atomic E-state index is 0.709. The van der Waals surface area contributed by atoms with Crippen LogP contribution < -0.4 is 0 Å². The Morgan fingerprint density at radius 1 is 1.00 bits per heavy atom. The van der Waals surface area contributed by atoms with Crippen LogP contribution in [0.3, 0.4) is 0 Å². The summed E-state index contributed by atoms with van der Waals surface area (Å²) >= 11 is 0. The molecule has 2 fully saturated rings. The van der Waals surface area contributed by atoms with E-state index in [-0.39, 0.29) is 0 Å². The molecule has 0 spiro atoms. The number of fused-ring (bicyclic) bond motifs is 1. The first kappa shape index (κ1) is 11.5. The molecule has 3 nitrogen and oxygen atoms in total. The Hall–Kier alpha value is -2.16. The topological polar surface area (TPSA) is 30.7 Å². The van der Waals surface area contributed by atoms with Crippen LogP contribution in [0.1, 0.15) is 48.9 Å². The van der Waals surface area contributed by atoms with Crippen LogP contribution in [0.15, 0.2) is 42.7 Å². The van der Waals surface area contributed by atoms with Gasteiger partial charge in [0.1, 0.15) is 0 Å². The molecule has 0 saturated heterocycles. The maximum atomic E-state index is 4.95. The molecule has 5 rings (SSSR count). The van der Waals surface area contributed by atoms with Gasteiger partial charge in [0, 0.05) is 40.7 Å². The summed E-state index contributed by atoms with van der Waals surface area (Å²) in [5.74, 6) is 1.42. The summed E-state index contributed by atoms with van der Waals surface area (Å²) in [6, 6.07) is 10.9. The molecule has 104 valence electrons. The summed E-state index contributed by atoms with van der Waals surface area (Å²) in [6.07, 6.45) is 9.03. The van der Waals surface area contributed by atoms with E-state index in [9.17, 15) is 0 Å². The first-order valence-electron chi connectivity index (χ1n) is 7.83. The number of aromatic nitrogens is 3. The Labute approximate surface area is 123 Å². The number of benzene rings is 1. The first-order chi connectivity index (χ1) is 10.4. The van der Waals surface area contributed by atoms with Gasteiger partial charge in [-0.15, -0.1) is 0 Å². The second-order valence-corrected chi connectivity index (χ2v) is 6.33. The molecule has 0 N–H and O–H groups in total. The summed E-state index contributed by atoms with van der Waals surface area (Å²) in [6.45, 7) is 0. The lowest BCUT2D eigenvalue weighted by Gasteiger charge is -2.09. The normalized spacial score (nSPS) is 18.3. The molecule has 2 saturated carbocycles. The molecule has 2 heterocycles. The molecule has 0 atom stereocenters. The Morgan fingerprint density at radius 3 is 2.67 bits per heavy atom. The summed E-state index contributed by atoms with van der Waals surface area (Å²) < 4.78 is 2.20. The molecule has 1 aromatic carbocycles. The van der Waals surface area contributed by atoms with Gasteiger partial charge in [-0.1, -0.05) is 12.1 Å². The Morgan fingerprint density at radius 2 is 1.86 bits per heavy atom. The van der Waals surface area contributed by atoms with E-state index < -0.39 is 0 Å². The van der Waals surface area contributed by atoms with Gasteiger partial charge in [-0.2, -0.15) is 5.10 Å². The summed E-state index contributed by atoms with van der Waals surface area (Å²) in [4.78, 5) is 4.23. The van der Waals surface area contributed by atoms with Crippen LogP contribution in [-0.2, 0) is 0 Å². The predicted octanol–water partition coefficient (Wildman–Crippen LogP) is 4.18. The van der Waals surface area contributed by atoms with Crippen molar-refractivity contribution in [3.63, 3.8) is 0 Å². The SMILES string of the molecule is c1cc(-n2nc(C3CC3)cc2C2CC2)c2ccncc2c1. The third-order valence-electron chi connectivity index (χ3n) is 4.63. The van der Waals surface area contributed by atoms with Gasteiger partial charge in [0.25, 0.3) is 0 Å². The molecule has 0 amide bonds. The number of hydrogen-bond donors (Lipinski definition) is 0. The van der Waals surface area contributed by atoms with Gasteiger partial charge in [-0.3, -0.25) is 4.98 Å². The van der Waals surface area contributed by atoms with Gasteiger partial charge >= 0.3 is 0 Å².